The number of carbonyl (C=O) groups excluding carboxylic acids is 1. The fraction of sp³-hybridized carbons (Fsp3) is 0.462. The van der Waals surface area contributed by atoms with Crippen LogP contribution in [0.3, 0.4) is 0 Å². The lowest BCUT2D eigenvalue weighted by Crippen LogP contribution is -2.07. The third-order valence-corrected chi connectivity index (χ3v) is 2.16. The van der Waals surface area contributed by atoms with Gasteiger partial charge in [-0.1, -0.05) is 0 Å². The molecule has 0 atom stereocenters. The molecule has 0 amide bonds. The van der Waals surface area contributed by atoms with Gasteiger partial charge in [0.05, 0.1) is 6.10 Å². The van der Waals surface area contributed by atoms with E-state index in [1.807, 2.05) is 26.0 Å². The number of benzene rings is 1. The SMILES string of the molecule is CC(C)Oc1ccc(C(=O)CCCN)cc1. The third-order valence-electron chi connectivity index (χ3n) is 2.16. The van der Waals surface area contributed by atoms with Crippen LogP contribution in [0.2, 0.25) is 0 Å². The van der Waals surface area contributed by atoms with Gasteiger partial charge in [-0.15, -0.1) is 0 Å². The molecule has 2 N–H and O–H groups in total. The molecule has 0 aromatic heterocycles. The molecular formula is C13H19NO2. The number of Topliss-reactive ketones (excluding diaryl/α,β-unsaturated/α-hetero) is 1. The molecule has 0 heterocycles. The first-order chi connectivity index (χ1) is 7.63. The zero-order valence-corrected chi connectivity index (χ0v) is 9.90. The highest BCUT2D eigenvalue weighted by Crippen LogP contribution is 2.15. The number of carbonyl (C=O) groups is 1. The van der Waals surface area contributed by atoms with E-state index >= 15 is 0 Å². The summed E-state index contributed by atoms with van der Waals surface area (Å²) in [7, 11) is 0. The molecule has 0 aliphatic carbocycles. The lowest BCUT2D eigenvalue weighted by molar-refractivity contribution is 0.0980. The smallest absolute Gasteiger partial charge is 0.162 e. The second-order valence-electron chi connectivity index (χ2n) is 4.01. The fourth-order valence-electron chi connectivity index (χ4n) is 1.40. The van der Waals surface area contributed by atoms with E-state index in [-0.39, 0.29) is 11.9 Å². The third kappa shape index (κ3) is 4.03. The molecule has 0 aliphatic rings. The lowest BCUT2D eigenvalue weighted by atomic mass is 10.1. The molecule has 1 aromatic carbocycles. The van der Waals surface area contributed by atoms with Gasteiger partial charge in [-0.25, -0.2) is 0 Å². The van der Waals surface area contributed by atoms with E-state index in [0.717, 1.165) is 17.7 Å². The van der Waals surface area contributed by atoms with Crippen molar-refractivity contribution < 1.29 is 9.53 Å². The van der Waals surface area contributed by atoms with Gasteiger partial charge in [0.25, 0.3) is 0 Å². The van der Waals surface area contributed by atoms with Crippen molar-refractivity contribution in [2.45, 2.75) is 32.8 Å². The Morgan fingerprint density at radius 3 is 2.44 bits per heavy atom. The molecule has 16 heavy (non-hydrogen) atoms. The van der Waals surface area contributed by atoms with E-state index in [1.54, 1.807) is 12.1 Å². The summed E-state index contributed by atoms with van der Waals surface area (Å²) in [6.45, 7) is 4.50. The average Bonchev–Trinajstić information content (AvgIpc) is 2.26. The zero-order valence-electron chi connectivity index (χ0n) is 9.90. The lowest BCUT2D eigenvalue weighted by Gasteiger charge is -2.09. The minimum absolute atomic E-state index is 0.140. The van der Waals surface area contributed by atoms with Crippen molar-refractivity contribution >= 4 is 5.78 Å². The summed E-state index contributed by atoms with van der Waals surface area (Å²) in [6.07, 6.45) is 1.41. The van der Waals surface area contributed by atoms with Crippen molar-refractivity contribution in [1.29, 1.82) is 0 Å². The molecule has 0 fully saturated rings. The highest BCUT2D eigenvalue weighted by Gasteiger charge is 2.05. The number of ketones is 1. The largest absolute Gasteiger partial charge is 0.491 e. The standard InChI is InChI=1S/C13H19NO2/c1-10(2)16-12-7-5-11(6-8-12)13(15)4-3-9-14/h5-8,10H,3-4,9,14H2,1-2H3. The van der Waals surface area contributed by atoms with Crippen LogP contribution >= 0.6 is 0 Å². The summed E-state index contributed by atoms with van der Waals surface area (Å²) in [5.74, 6) is 0.937. The molecule has 88 valence electrons. The summed E-state index contributed by atoms with van der Waals surface area (Å²) in [6, 6.07) is 7.26. The van der Waals surface area contributed by atoms with Gasteiger partial charge in [0.1, 0.15) is 5.75 Å². The van der Waals surface area contributed by atoms with Crippen molar-refractivity contribution in [2.24, 2.45) is 5.73 Å². The predicted octanol–water partition coefficient (Wildman–Crippen LogP) is 2.40. The Morgan fingerprint density at radius 1 is 1.31 bits per heavy atom. The second kappa shape index (κ2) is 6.28. The number of hydrogen-bond donors (Lipinski definition) is 1. The van der Waals surface area contributed by atoms with E-state index in [0.29, 0.717) is 13.0 Å². The van der Waals surface area contributed by atoms with Crippen molar-refractivity contribution in [1.82, 2.24) is 0 Å². The van der Waals surface area contributed by atoms with Gasteiger partial charge in [-0.2, -0.15) is 0 Å². The van der Waals surface area contributed by atoms with E-state index in [9.17, 15) is 4.79 Å². The van der Waals surface area contributed by atoms with Crippen LogP contribution in [0.4, 0.5) is 0 Å². The van der Waals surface area contributed by atoms with Crippen LogP contribution in [0.1, 0.15) is 37.0 Å². The van der Waals surface area contributed by atoms with E-state index in [2.05, 4.69) is 0 Å². The van der Waals surface area contributed by atoms with Crippen molar-refractivity contribution in [3.63, 3.8) is 0 Å². The normalized spacial score (nSPS) is 10.5. The number of ether oxygens (including phenoxy) is 1. The molecule has 1 aromatic rings. The fourth-order valence-corrected chi connectivity index (χ4v) is 1.40. The van der Waals surface area contributed by atoms with Crippen LogP contribution in [0.5, 0.6) is 5.75 Å². The molecule has 0 radical (unpaired) electrons. The minimum Gasteiger partial charge on any atom is -0.491 e. The number of hydrogen-bond acceptors (Lipinski definition) is 3. The van der Waals surface area contributed by atoms with Crippen LogP contribution in [0, 0.1) is 0 Å². The Hall–Kier alpha value is -1.35. The molecule has 0 aliphatic heterocycles. The summed E-state index contributed by atoms with van der Waals surface area (Å²) >= 11 is 0. The highest BCUT2D eigenvalue weighted by atomic mass is 16.5. The first-order valence-electron chi connectivity index (χ1n) is 5.63. The summed E-state index contributed by atoms with van der Waals surface area (Å²) in [5, 5.41) is 0. The Kier molecular flexibility index (Phi) is 4.99. The Bertz CT molecular complexity index is 330. The molecule has 0 bridgehead atoms. The maximum absolute atomic E-state index is 11.6. The van der Waals surface area contributed by atoms with Crippen molar-refractivity contribution in [3.8, 4) is 5.75 Å². The van der Waals surface area contributed by atoms with Gasteiger partial charge < -0.3 is 10.5 Å². The monoisotopic (exact) mass is 221 g/mol. The quantitative estimate of drug-likeness (QED) is 0.750. The number of nitrogens with two attached hydrogens (primary N) is 1. The van der Waals surface area contributed by atoms with Crippen LogP contribution in [-0.4, -0.2) is 18.4 Å². The average molecular weight is 221 g/mol. The van der Waals surface area contributed by atoms with E-state index in [4.69, 9.17) is 10.5 Å². The van der Waals surface area contributed by atoms with Gasteiger partial charge in [0.15, 0.2) is 5.78 Å². The zero-order chi connectivity index (χ0) is 12.0. The molecule has 3 nitrogen and oxygen atoms in total. The first kappa shape index (κ1) is 12.7. The highest BCUT2D eigenvalue weighted by molar-refractivity contribution is 5.96. The van der Waals surface area contributed by atoms with Gasteiger partial charge in [-0.05, 0) is 51.1 Å². The van der Waals surface area contributed by atoms with Gasteiger partial charge in [0.2, 0.25) is 0 Å². The molecule has 3 heteroatoms. The van der Waals surface area contributed by atoms with Crippen molar-refractivity contribution in [3.05, 3.63) is 29.8 Å². The van der Waals surface area contributed by atoms with Crippen LogP contribution < -0.4 is 10.5 Å². The molecule has 0 spiro atoms. The van der Waals surface area contributed by atoms with Gasteiger partial charge in [-0.3, -0.25) is 4.79 Å². The maximum atomic E-state index is 11.6. The van der Waals surface area contributed by atoms with Gasteiger partial charge in [0, 0.05) is 12.0 Å². The van der Waals surface area contributed by atoms with Crippen molar-refractivity contribution in [2.75, 3.05) is 6.54 Å². The van der Waals surface area contributed by atoms with Crippen LogP contribution in [0.15, 0.2) is 24.3 Å². The number of rotatable bonds is 6. The second-order valence-corrected chi connectivity index (χ2v) is 4.01. The van der Waals surface area contributed by atoms with Gasteiger partial charge >= 0.3 is 0 Å². The summed E-state index contributed by atoms with van der Waals surface area (Å²) in [4.78, 5) is 11.6. The maximum Gasteiger partial charge on any atom is 0.162 e. The topological polar surface area (TPSA) is 52.3 Å². The van der Waals surface area contributed by atoms with Crippen LogP contribution in [0.25, 0.3) is 0 Å². The Labute approximate surface area is 96.6 Å². The molecule has 0 saturated carbocycles. The van der Waals surface area contributed by atoms with E-state index in [1.165, 1.54) is 0 Å². The Balaban J connectivity index is 2.60. The molecule has 1 rings (SSSR count). The summed E-state index contributed by atoms with van der Waals surface area (Å²) in [5.41, 5.74) is 6.09. The van der Waals surface area contributed by atoms with E-state index < -0.39 is 0 Å². The molecule has 0 unspecified atom stereocenters. The van der Waals surface area contributed by atoms with Crippen LogP contribution in [-0.2, 0) is 0 Å². The predicted molar refractivity (Wildman–Crippen MR) is 64.8 cm³/mol. The molecule has 0 saturated heterocycles. The minimum atomic E-state index is 0.140. The molecular weight excluding hydrogens is 202 g/mol. The summed E-state index contributed by atoms with van der Waals surface area (Å²) < 4.78 is 5.50. The first-order valence-corrected chi connectivity index (χ1v) is 5.63. The Morgan fingerprint density at radius 2 is 1.94 bits per heavy atom.